The van der Waals surface area contributed by atoms with E-state index in [9.17, 15) is 18.7 Å². The molecule has 9 heteroatoms. The molecular formula is C11H12Na2O5S2. The molecule has 1 atom stereocenters. The van der Waals surface area contributed by atoms with Crippen molar-refractivity contribution < 1.29 is 82.0 Å². The smallest absolute Gasteiger partial charge is 0.748 e. The van der Waals surface area contributed by atoms with Crippen LogP contribution in [0.25, 0.3) is 0 Å². The second-order valence-electron chi connectivity index (χ2n) is 3.22. The summed E-state index contributed by atoms with van der Waals surface area (Å²) in [6.07, 6.45) is 0. The largest absolute Gasteiger partial charge is 1.00 e. The molecule has 1 rings (SSSR count). The van der Waals surface area contributed by atoms with Gasteiger partial charge in [0.25, 0.3) is 0 Å². The van der Waals surface area contributed by atoms with Crippen molar-refractivity contribution >= 4 is 26.2 Å². The van der Waals surface area contributed by atoms with E-state index in [1.165, 1.54) is 6.92 Å². The molecule has 0 bridgehead atoms. The number of carbonyl (C=O) groups excluding carboxylic acids is 1. The summed E-state index contributed by atoms with van der Waals surface area (Å²) in [6.45, 7) is 4.48. The zero-order valence-corrected chi connectivity index (χ0v) is 17.3. The van der Waals surface area contributed by atoms with Gasteiger partial charge in [-0.1, -0.05) is 36.9 Å². The molecule has 0 saturated heterocycles. The Balaban J connectivity index is -0.000000316. The van der Waals surface area contributed by atoms with Crippen LogP contribution in [0.15, 0.2) is 42.5 Å². The number of carboxylic acids is 1. The summed E-state index contributed by atoms with van der Waals surface area (Å²) in [5, 5.41) is 9.49. The monoisotopic (exact) mass is 334 g/mol. The van der Waals surface area contributed by atoms with Gasteiger partial charge in [-0.3, -0.25) is 4.18 Å². The quantitative estimate of drug-likeness (QED) is 0.403. The zero-order valence-electron chi connectivity index (χ0n) is 11.7. The third-order valence-corrected chi connectivity index (χ3v) is 2.26. The molecule has 1 aromatic carbocycles. The fraction of sp³-hybridized carbons (Fsp3) is 0.182. The van der Waals surface area contributed by atoms with E-state index in [1.54, 1.807) is 24.3 Å². The van der Waals surface area contributed by atoms with Crippen LogP contribution < -0.4 is 64.2 Å². The summed E-state index contributed by atoms with van der Waals surface area (Å²) < 4.78 is 25.2. The van der Waals surface area contributed by atoms with Crippen LogP contribution in [0.1, 0.15) is 12.5 Å². The molecule has 0 N–H and O–H groups in total. The minimum Gasteiger partial charge on any atom is -0.748 e. The van der Waals surface area contributed by atoms with E-state index in [-0.39, 0.29) is 71.3 Å². The first kappa shape index (κ1) is 25.7. The fourth-order valence-electron chi connectivity index (χ4n) is 0.714. The molecule has 0 aromatic heterocycles. The third-order valence-electron chi connectivity index (χ3n) is 1.56. The Kier molecular flexibility index (Phi) is 17.2. The number of hydrogen-bond acceptors (Lipinski definition) is 6. The second kappa shape index (κ2) is 13.4. The third kappa shape index (κ3) is 16.8. The van der Waals surface area contributed by atoms with Crippen molar-refractivity contribution in [1.82, 2.24) is 0 Å². The molecule has 0 aliphatic carbocycles. The van der Waals surface area contributed by atoms with Crippen LogP contribution in [-0.2, 0) is 35.8 Å². The number of aliphatic carboxylic acids is 1. The molecule has 0 radical (unpaired) electrons. The molecule has 0 aliphatic rings. The van der Waals surface area contributed by atoms with E-state index in [4.69, 9.17) is 0 Å². The number of rotatable bonds is 4. The Morgan fingerprint density at radius 2 is 1.75 bits per heavy atom. The van der Waals surface area contributed by atoms with Crippen molar-refractivity contribution in [2.24, 2.45) is 0 Å². The van der Waals surface area contributed by atoms with Crippen LogP contribution in [0.4, 0.5) is 0 Å². The van der Waals surface area contributed by atoms with Gasteiger partial charge in [-0.15, -0.1) is 0 Å². The summed E-state index contributed by atoms with van der Waals surface area (Å²) in [6, 6.07) is 8.97. The fourth-order valence-corrected chi connectivity index (χ4v) is 1.14. The van der Waals surface area contributed by atoms with Crippen LogP contribution in [0.3, 0.4) is 0 Å². The zero-order chi connectivity index (χ0) is 14.2. The molecule has 0 aliphatic heterocycles. The van der Waals surface area contributed by atoms with E-state index in [0.717, 1.165) is 5.56 Å². The summed E-state index contributed by atoms with van der Waals surface area (Å²) in [7, 11) is -3.74. The first-order chi connectivity index (χ1) is 8.22. The summed E-state index contributed by atoms with van der Waals surface area (Å²) in [5.41, 5.74) is 0.848. The molecule has 1 unspecified atom stereocenters. The van der Waals surface area contributed by atoms with Gasteiger partial charge in [0.15, 0.2) is 0 Å². The molecular weight excluding hydrogens is 322 g/mol. The Hall–Kier alpha value is 0.720. The predicted octanol–water partition coefficient (Wildman–Crippen LogP) is -5.68. The maximum atomic E-state index is 10.4. The summed E-state index contributed by atoms with van der Waals surface area (Å²) >= 11 is 4.03. The Labute approximate surface area is 168 Å². The number of carboxylic acid groups (broad SMARTS) is 1. The molecule has 20 heavy (non-hydrogen) atoms. The van der Waals surface area contributed by atoms with Crippen molar-refractivity contribution in [3.05, 3.63) is 48.0 Å². The van der Waals surface area contributed by atoms with Gasteiger partial charge in [0, 0.05) is 0 Å². The van der Waals surface area contributed by atoms with Gasteiger partial charge in [0.2, 0.25) is 0 Å². The minimum absolute atomic E-state index is 0. The molecule has 5 nitrogen and oxygen atoms in total. The topological polar surface area (TPSA) is 89.5 Å². The SMILES string of the molecule is C=C(C)C(=O)[O-].O=S([O-])(=S)OCc1ccccc1.[Na+].[Na+]. The van der Waals surface area contributed by atoms with Crippen LogP contribution >= 0.6 is 0 Å². The summed E-state index contributed by atoms with van der Waals surface area (Å²) in [4.78, 5) is 9.49. The van der Waals surface area contributed by atoms with Crippen molar-refractivity contribution in [3.63, 3.8) is 0 Å². The number of benzene rings is 1. The average Bonchev–Trinajstić information content (AvgIpc) is 2.27. The van der Waals surface area contributed by atoms with Crippen LogP contribution in [0.2, 0.25) is 0 Å². The first-order valence-corrected chi connectivity index (χ1v) is 7.06. The molecule has 0 saturated carbocycles. The van der Waals surface area contributed by atoms with Crippen LogP contribution in [0.5, 0.6) is 0 Å². The molecule has 0 fully saturated rings. The van der Waals surface area contributed by atoms with E-state index >= 15 is 0 Å². The Morgan fingerprint density at radius 3 is 2.05 bits per heavy atom. The average molecular weight is 334 g/mol. The van der Waals surface area contributed by atoms with Gasteiger partial charge >= 0.3 is 59.1 Å². The number of hydrogen-bond donors (Lipinski definition) is 0. The summed E-state index contributed by atoms with van der Waals surface area (Å²) in [5.74, 6) is -1.19. The molecule has 0 amide bonds. The van der Waals surface area contributed by atoms with E-state index in [1.807, 2.05) is 6.07 Å². The van der Waals surface area contributed by atoms with Gasteiger partial charge < -0.3 is 14.5 Å². The molecule has 100 valence electrons. The first-order valence-electron chi connectivity index (χ1n) is 4.73. The predicted molar refractivity (Wildman–Crippen MR) is 67.3 cm³/mol. The normalized spacial score (nSPS) is 11.5. The second-order valence-corrected chi connectivity index (χ2v) is 5.50. The maximum Gasteiger partial charge on any atom is 1.00 e. The van der Waals surface area contributed by atoms with E-state index in [2.05, 4.69) is 22.0 Å². The van der Waals surface area contributed by atoms with Crippen molar-refractivity contribution in [3.8, 4) is 0 Å². The van der Waals surface area contributed by atoms with Gasteiger partial charge in [0.1, 0.15) is 0 Å². The van der Waals surface area contributed by atoms with E-state index in [0.29, 0.717) is 0 Å². The van der Waals surface area contributed by atoms with Gasteiger partial charge in [-0.05, 0) is 29.2 Å². The number of carbonyl (C=O) groups is 1. The van der Waals surface area contributed by atoms with Gasteiger partial charge in [-0.2, -0.15) is 0 Å². The van der Waals surface area contributed by atoms with Crippen LogP contribution in [-0.4, -0.2) is 14.7 Å². The maximum absolute atomic E-state index is 10.4. The Bertz CT molecular complexity index is 491. The standard InChI is InChI=1S/C7H8O3S2.C4H6O2.2Na/c8-12(9,11)10-6-7-4-2-1-3-5-7;1-3(2)4(5)6;;/h1-5H,6H2,(H,8,9,11);1H2,2H3,(H,5,6);;/q;;2*+1/p-2. The van der Waals surface area contributed by atoms with E-state index < -0.39 is 15.0 Å². The minimum atomic E-state index is -3.74. The molecule has 0 heterocycles. The molecule has 0 spiro atoms. The van der Waals surface area contributed by atoms with Gasteiger partial charge in [-0.25, -0.2) is 4.21 Å². The van der Waals surface area contributed by atoms with Crippen molar-refractivity contribution in [2.45, 2.75) is 13.5 Å². The Morgan fingerprint density at radius 1 is 1.35 bits per heavy atom. The van der Waals surface area contributed by atoms with Gasteiger partial charge in [0.05, 0.1) is 21.6 Å². The van der Waals surface area contributed by atoms with Crippen molar-refractivity contribution in [1.29, 1.82) is 0 Å². The van der Waals surface area contributed by atoms with Crippen molar-refractivity contribution in [2.75, 3.05) is 0 Å². The molecule has 1 aromatic rings. The van der Waals surface area contributed by atoms with Crippen LogP contribution in [0, 0.1) is 0 Å².